The predicted molar refractivity (Wildman–Crippen MR) is 104 cm³/mol. The highest BCUT2D eigenvalue weighted by Gasteiger charge is 2.28. The van der Waals surface area contributed by atoms with Gasteiger partial charge in [-0.3, -0.25) is 4.31 Å². The van der Waals surface area contributed by atoms with Crippen LogP contribution in [0.25, 0.3) is 0 Å². The van der Waals surface area contributed by atoms with Crippen molar-refractivity contribution in [3.63, 3.8) is 0 Å². The van der Waals surface area contributed by atoms with Gasteiger partial charge in [0.05, 0.1) is 45.6 Å². The van der Waals surface area contributed by atoms with Crippen molar-refractivity contribution in [1.82, 2.24) is 0 Å². The maximum absolute atomic E-state index is 13.3. The largest absolute Gasteiger partial charge is 0.497 e. The van der Waals surface area contributed by atoms with Gasteiger partial charge in [0.15, 0.2) is 11.5 Å². The molecule has 7 nitrogen and oxygen atoms in total. The minimum atomic E-state index is -3.92. The van der Waals surface area contributed by atoms with Crippen molar-refractivity contribution in [2.24, 2.45) is 0 Å². The van der Waals surface area contributed by atoms with Gasteiger partial charge in [0.25, 0.3) is 10.0 Å². The Hall–Kier alpha value is -2.87. The molecule has 0 radical (unpaired) electrons. The van der Waals surface area contributed by atoms with Crippen LogP contribution in [0.1, 0.15) is 0 Å². The minimum absolute atomic E-state index is 0.0549. The van der Waals surface area contributed by atoms with Crippen LogP contribution in [0.2, 0.25) is 0 Å². The van der Waals surface area contributed by atoms with Crippen LogP contribution in [0.3, 0.4) is 0 Å². The smallest absolute Gasteiger partial charge is 0.264 e. The summed E-state index contributed by atoms with van der Waals surface area (Å²) in [6, 6.07) is 9.33. The first kappa shape index (κ1) is 20.4. The average Bonchev–Trinajstić information content (AvgIpc) is 2.70. The number of hydrogen-bond donors (Lipinski definition) is 0. The normalized spacial score (nSPS) is 10.8. The molecule has 0 bridgehead atoms. The number of sulfonamides is 1. The van der Waals surface area contributed by atoms with Gasteiger partial charge in [0, 0.05) is 12.1 Å². The molecule has 0 unspecified atom stereocenters. The third kappa shape index (κ3) is 4.11. The van der Waals surface area contributed by atoms with Crippen molar-refractivity contribution in [1.29, 1.82) is 0 Å². The van der Waals surface area contributed by atoms with Crippen molar-refractivity contribution in [2.75, 3.05) is 39.3 Å². The van der Waals surface area contributed by atoms with Crippen LogP contribution in [-0.2, 0) is 10.0 Å². The van der Waals surface area contributed by atoms with Gasteiger partial charge in [0.1, 0.15) is 11.5 Å². The third-order valence-electron chi connectivity index (χ3n) is 3.89. The molecule has 0 atom stereocenters. The number of benzene rings is 2. The van der Waals surface area contributed by atoms with E-state index in [4.69, 9.17) is 18.9 Å². The van der Waals surface area contributed by atoms with Gasteiger partial charge in [-0.2, -0.15) is 0 Å². The second-order valence-electron chi connectivity index (χ2n) is 5.38. The summed E-state index contributed by atoms with van der Waals surface area (Å²) in [5.74, 6) is 1.67. The molecule has 2 aromatic rings. The van der Waals surface area contributed by atoms with E-state index < -0.39 is 10.0 Å². The molecule has 0 N–H and O–H groups in total. The van der Waals surface area contributed by atoms with Gasteiger partial charge in [-0.15, -0.1) is 6.58 Å². The highest BCUT2D eigenvalue weighted by Crippen LogP contribution is 2.37. The molecule has 27 heavy (non-hydrogen) atoms. The zero-order chi connectivity index (χ0) is 20.0. The predicted octanol–water partition coefficient (Wildman–Crippen LogP) is 3.10. The minimum Gasteiger partial charge on any atom is -0.497 e. The molecule has 0 heterocycles. The first-order chi connectivity index (χ1) is 12.9. The fourth-order valence-electron chi connectivity index (χ4n) is 2.54. The lowest BCUT2D eigenvalue weighted by molar-refractivity contribution is 0.354. The summed E-state index contributed by atoms with van der Waals surface area (Å²) in [5.41, 5.74) is 0.369. The maximum Gasteiger partial charge on any atom is 0.264 e. The molecule has 0 aliphatic carbocycles. The fraction of sp³-hybridized carbons (Fsp3) is 0.263. The van der Waals surface area contributed by atoms with Crippen LogP contribution in [0.5, 0.6) is 23.0 Å². The molecule has 0 aliphatic rings. The average molecular weight is 393 g/mol. The van der Waals surface area contributed by atoms with Gasteiger partial charge in [-0.25, -0.2) is 8.42 Å². The van der Waals surface area contributed by atoms with E-state index in [1.54, 1.807) is 24.3 Å². The SMILES string of the molecule is C=CCN(c1ccc(OC)cc1OC)S(=O)(=O)c1ccc(OC)c(OC)c1. The monoisotopic (exact) mass is 393 g/mol. The molecule has 2 aromatic carbocycles. The first-order valence-corrected chi connectivity index (χ1v) is 9.44. The van der Waals surface area contributed by atoms with Gasteiger partial charge >= 0.3 is 0 Å². The standard InChI is InChI=1S/C19H23NO6S/c1-6-11-20(16-9-7-14(23-2)12-18(16)25-4)27(21,22)15-8-10-17(24-3)19(13-15)26-5/h6-10,12-13H,1,11H2,2-5H3. The molecule has 0 aromatic heterocycles. The molecule has 0 fully saturated rings. The van der Waals surface area contributed by atoms with Gasteiger partial charge in [-0.1, -0.05) is 6.08 Å². The van der Waals surface area contributed by atoms with Crippen LogP contribution >= 0.6 is 0 Å². The lowest BCUT2D eigenvalue weighted by atomic mass is 10.2. The van der Waals surface area contributed by atoms with E-state index in [1.807, 2.05) is 0 Å². The second-order valence-corrected chi connectivity index (χ2v) is 7.24. The molecule has 2 rings (SSSR count). The molecular formula is C19H23NO6S. The zero-order valence-electron chi connectivity index (χ0n) is 15.8. The topological polar surface area (TPSA) is 74.3 Å². The molecule has 0 saturated heterocycles. The third-order valence-corrected chi connectivity index (χ3v) is 5.67. The van der Waals surface area contributed by atoms with Crippen LogP contribution < -0.4 is 23.3 Å². The maximum atomic E-state index is 13.3. The summed E-state index contributed by atoms with van der Waals surface area (Å²) >= 11 is 0. The summed E-state index contributed by atoms with van der Waals surface area (Å²) < 4.78 is 48.8. The van der Waals surface area contributed by atoms with Crippen molar-refractivity contribution in [3.05, 3.63) is 49.1 Å². The van der Waals surface area contributed by atoms with E-state index in [0.29, 0.717) is 28.7 Å². The van der Waals surface area contributed by atoms with Gasteiger partial charge in [0.2, 0.25) is 0 Å². The summed E-state index contributed by atoms with van der Waals surface area (Å²) in [5, 5.41) is 0. The molecule has 0 spiro atoms. The highest BCUT2D eigenvalue weighted by atomic mass is 32.2. The molecule has 0 amide bonds. The van der Waals surface area contributed by atoms with E-state index in [9.17, 15) is 8.42 Å². The van der Waals surface area contributed by atoms with Crippen LogP contribution in [0, 0.1) is 0 Å². The molecule has 0 saturated carbocycles. The summed E-state index contributed by atoms with van der Waals surface area (Å²) in [4.78, 5) is 0.0554. The van der Waals surface area contributed by atoms with Gasteiger partial charge < -0.3 is 18.9 Å². The number of methoxy groups -OCH3 is 4. The van der Waals surface area contributed by atoms with E-state index in [-0.39, 0.29) is 11.4 Å². The summed E-state index contributed by atoms with van der Waals surface area (Å²) in [7, 11) is 2.00. The first-order valence-electron chi connectivity index (χ1n) is 8.00. The van der Waals surface area contributed by atoms with Crippen LogP contribution in [0.15, 0.2) is 53.9 Å². The number of rotatable bonds is 9. The van der Waals surface area contributed by atoms with Crippen LogP contribution in [0.4, 0.5) is 5.69 Å². The van der Waals surface area contributed by atoms with Crippen molar-refractivity contribution in [3.8, 4) is 23.0 Å². The Morgan fingerprint density at radius 3 is 2.11 bits per heavy atom. The number of ether oxygens (including phenoxy) is 4. The number of hydrogen-bond acceptors (Lipinski definition) is 6. The zero-order valence-corrected chi connectivity index (χ0v) is 16.6. The Morgan fingerprint density at radius 2 is 1.56 bits per heavy atom. The lowest BCUT2D eigenvalue weighted by Crippen LogP contribution is -2.31. The molecule has 146 valence electrons. The summed E-state index contributed by atoms with van der Waals surface area (Å²) in [6.07, 6.45) is 1.50. The molecule has 0 aliphatic heterocycles. The van der Waals surface area contributed by atoms with E-state index >= 15 is 0 Å². The van der Waals surface area contributed by atoms with Gasteiger partial charge in [-0.05, 0) is 24.3 Å². The Bertz CT molecular complexity index is 910. The Morgan fingerprint density at radius 1 is 0.889 bits per heavy atom. The van der Waals surface area contributed by atoms with E-state index in [1.165, 1.54) is 51.0 Å². The molecular weight excluding hydrogens is 370 g/mol. The lowest BCUT2D eigenvalue weighted by Gasteiger charge is -2.25. The highest BCUT2D eigenvalue weighted by molar-refractivity contribution is 7.92. The Kier molecular flexibility index (Phi) is 6.57. The summed E-state index contributed by atoms with van der Waals surface area (Å²) in [6.45, 7) is 3.72. The fourth-order valence-corrected chi connectivity index (χ4v) is 4.00. The second kappa shape index (κ2) is 8.68. The van der Waals surface area contributed by atoms with Crippen molar-refractivity contribution < 1.29 is 27.4 Å². The molecule has 8 heteroatoms. The number of nitrogens with zero attached hydrogens (tertiary/aromatic N) is 1. The Labute approximate surface area is 159 Å². The quantitative estimate of drug-likeness (QED) is 0.610. The van der Waals surface area contributed by atoms with E-state index in [2.05, 4.69) is 6.58 Å². The van der Waals surface area contributed by atoms with Crippen molar-refractivity contribution in [2.45, 2.75) is 4.90 Å². The Balaban J connectivity index is 2.60. The van der Waals surface area contributed by atoms with Crippen LogP contribution in [-0.4, -0.2) is 43.4 Å². The van der Waals surface area contributed by atoms with Crippen molar-refractivity contribution >= 4 is 15.7 Å². The number of anilines is 1. The van der Waals surface area contributed by atoms with E-state index in [0.717, 1.165) is 0 Å².